The Labute approximate surface area is 127 Å². The zero-order valence-electron chi connectivity index (χ0n) is 13.2. The maximum Gasteiger partial charge on any atom is 0.253 e. The van der Waals surface area contributed by atoms with Crippen LogP contribution in [0.15, 0.2) is 18.5 Å². The Morgan fingerprint density at radius 1 is 1.29 bits per heavy atom. The van der Waals surface area contributed by atoms with Gasteiger partial charge in [0.05, 0.1) is 17.4 Å². The monoisotopic (exact) mass is 289 g/mol. The van der Waals surface area contributed by atoms with E-state index >= 15 is 0 Å². The first-order valence-corrected chi connectivity index (χ1v) is 8.23. The molecule has 0 radical (unpaired) electrons. The third kappa shape index (κ3) is 4.45. The van der Waals surface area contributed by atoms with Gasteiger partial charge in [-0.05, 0) is 44.6 Å². The van der Waals surface area contributed by atoms with Crippen molar-refractivity contribution in [1.29, 1.82) is 0 Å². The van der Waals surface area contributed by atoms with Gasteiger partial charge in [0.2, 0.25) is 0 Å². The largest absolute Gasteiger partial charge is 0.383 e. The zero-order valence-corrected chi connectivity index (χ0v) is 13.2. The molecule has 0 aromatic carbocycles. The summed E-state index contributed by atoms with van der Waals surface area (Å²) in [5.41, 5.74) is 1.51. The van der Waals surface area contributed by atoms with E-state index in [9.17, 15) is 4.79 Å². The van der Waals surface area contributed by atoms with E-state index in [1.54, 1.807) is 18.5 Å². The lowest BCUT2D eigenvalue weighted by Crippen LogP contribution is -2.38. The van der Waals surface area contributed by atoms with Crippen LogP contribution in [0.25, 0.3) is 0 Å². The summed E-state index contributed by atoms with van der Waals surface area (Å²) in [4.78, 5) is 16.5. The highest BCUT2D eigenvalue weighted by atomic mass is 16.1. The molecule has 1 aliphatic carbocycles. The summed E-state index contributed by atoms with van der Waals surface area (Å²) in [6, 6.07) is 2.11. The second kappa shape index (κ2) is 8.01. The summed E-state index contributed by atoms with van der Waals surface area (Å²) in [6.45, 7) is 5.05. The van der Waals surface area contributed by atoms with Gasteiger partial charge in [0.1, 0.15) is 0 Å². The fourth-order valence-electron chi connectivity index (χ4n) is 3.19. The lowest BCUT2D eigenvalue weighted by Gasteiger charge is -2.29. The molecule has 0 bridgehead atoms. The van der Waals surface area contributed by atoms with Crippen LogP contribution in [-0.2, 0) is 0 Å². The summed E-state index contributed by atoms with van der Waals surface area (Å²) in [5, 5.41) is 6.38. The summed E-state index contributed by atoms with van der Waals surface area (Å²) < 4.78 is 0. The van der Waals surface area contributed by atoms with Crippen LogP contribution in [0.3, 0.4) is 0 Å². The van der Waals surface area contributed by atoms with Crippen molar-refractivity contribution in [2.75, 3.05) is 11.9 Å². The van der Waals surface area contributed by atoms with E-state index in [1.807, 2.05) is 6.92 Å². The molecular weight excluding hydrogens is 262 g/mol. The van der Waals surface area contributed by atoms with Crippen molar-refractivity contribution in [1.82, 2.24) is 10.3 Å². The van der Waals surface area contributed by atoms with Gasteiger partial charge in [-0.3, -0.25) is 9.78 Å². The van der Waals surface area contributed by atoms with Crippen molar-refractivity contribution in [2.24, 2.45) is 5.92 Å². The summed E-state index contributed by atoms with van der Waals surface area (Å²) in [7, 11) is 0. The number of anilines is 1. The predicted octanol–water partition coefficient (Wildman–Crippen LogP) is 3.60. The second-order valence-corrected chi connectivity index (χ2v) is 5.93. The topological polar surface area (TPSA) is 54.0 Å². The SMILES string of the molecule is CCCC1CCC(NC(=O)c2ccncc2NCC)CC1. The molecule has 0 aliphatic heterocycles. The number of nitrogens with one attached hydrogen (secondary N) is 2. The second-order valence-electron chi connectivity index (χ2n) is 5.93. The van der Waals surface area contributed by atoms with E-state index in [4.69, 9.17) is 0 Å². The molecule has 1 aromatic rings. The van der Waals surface area contributed by atoms with Crippen LogP contribution in [0, 0.1) is 5.92 Å². The minimum atomic E-state index is 0.0206. The van der Waals surface area contributed by atoms with Crippen molar-refractivity contribution in [2.45, 2.75) is 58.4 Å². The van der Waals surface area contributed by atoms with Crippen LogP contribution in [0.2, 0.25) is 0 Å². The van der Waals surface area contributed by atoms with E-state index in [-0.39, 0.29) is 5.91 Å². The number of carbonyl (C=O) groups excluding carboxylic acids is 1. The van der Waals surface area contributed by atoms with Gasteiger partial charge in [0, 0.05) is 18.8 Å². The molecule has 1 aromatic heterocycles. The van der Waals surface area contributed by atoms with E-state index in [0.717, 1.165) is 31.0 Å². The molecule has 0 spiro atoms. The summed E-state index contributed by atoms with van der Waals surface area (Å²) in [5.74, 6) is 0.883. The maximum absolute atomic E-state index is 12.4. The fourth-order valence-corrected chi connectivity index (χ4v) is 3.19. The number of pyridine rings is 1. The highest BCUT2D eigenvalue weighted by Crippen LogP contribution is 2.28. The molecule has 21 heavy (non-hydrogen) atoms. The lowest BCUT2D eigenvalue weighted by atomic mass is 9.83. The van der Waals surface area contributed by atoms with Gasteiger partial charge in [0.25, 0.3) is 5.91 Å². The molecule has 4 nitrogen and oxygen atoms in total. The van der Waals surface area contributed by atoms with Crippen LogP contribution < -0.4 is 10.6 Å². The average molecular weight is 289 g/mol. The summed E-state index contributed by atoms with van der Waals surface area (Å²) >= 11 is 0. The number of hydrogen-bond donors (Lipinski definition) is 2. The third-order valence-electron chi connectivity index (χ3n) is 4.31. The average Bonchev–Trinajstić information content (AvgIpc) is 2.50. The fraction of sp³-hybridized carbons (Fsp3) is 0.647. The number of rotatable bonds is 6. The molecule has 2 rings (SSSR count). The van der Waals surface area contributed by atoms with Crippen LogP contribution >= 0.6 is 0 Å². The van der Waals surface area contributed by atoms with Gasteiger partial charge < -0.3 is 10.6 Å². The Hall–Kier alpha value is -1.58. The molecule has 1 aliphatic rings. The Morgan fingerprint density at radius 3 is 2.71 bits per heavy atom. The molecule has 1 amide bonds. The van der Waals surface area contributed by atoms with Crippen molar-refractivity contribution in [3.05, 3.63) is 24.0 Å². The highest BCUT2D eigenvalue weighted by molar-refractivity contribution is 5.99. The van der Waals surface area contributed by atoms with Crippen LogP contribution in [0.5, 0.6) is 0 Å². The quantitative estimate of drug-likeness (QED) is 0.841. The van der Waals surface area contributed by atoms with Gasteiger partial charge in [-0.25, -0.2) is 0 Å². The third-order valence-corrected chi connectivity index (χ3v) is 4.31. The molecule has 1 fully saturated rings. The number of carbonyl (C=O) groups is 1. The first kappa shape index (κ1) is 15.8. The van der Waals surface area contributed by atoms with Gasteiger partial charge in [-0.15, -0.1) is 0 Å². The van der Waals surface area contributed by atoms with Crippen molar-refractivity contribution in [3.63, 3.8) is 0 Å². The Balaban J connectivity index is 1.90. The zero-order chi connectivity index (χ0) is 15.1. The number of amides is 1. The maximum atomic E-state index is 12.4. The van der Waals surface area contributed by atoms with E-state index in [1.165, 1.54) is 25.7 Å². The number of aromatic nitrogens is 1. The Bertz CT molecular complexity index is 453. The molecular formula is C17H27N3O. The van der Waals surface area contributed by atoms with Crippen LogP contribution in [-0.4, -0.2) is 23.5 Å². The molecule has 116 valence electrons. The standard InChI is InChI=1S/C17H27N3O/c1-3-5-13-6-8-14(9-7-13)20-17(21)15-10-11-18-12-16(15)19-4-2/h10-14,19H,3-9H2,1-2H3,(H,20,21). The highest BCUT2D eigenvalue weighted by Gasteiger charge is 2.23. The Kier molecular flexibility index (Phi) is 6.03. The Morgan fingerprint density at radius 2 is 2.05 bits per heavy atom. The first-order chi connectivity index (χ1) is 10.2. The predicted molar refractivity (Wildman–Crippen MR) is 86.5 cm³/mol. The molecule has 2 N–H and O–H groups in total. The van der Waals surface area contributed by atoms with E-state index in [2.05, 4.69) is 22.5 Å². The first-order valence-electron chi connectivity index (χ1n) is 8.23. The van der Waals surface area contributed by atoms with Crippen molar-refractivity contribution >= 4 is 11.6 Å². The van der Waals surface area contributed by atoms with Crippen LogP contribution in [0.1, 0.15) is 62.7 Å². The minimum absolute atomic E-state index is 0.0206. The van der Waals surface area contributed by atoms with E-state index in [0.29, 0.717) is 11.6 Å². The smallest absolute Gasteiger partial charge is 0.253 e. The van der Waals surface area contributed by atoms with Crippen molar-refractivity contribution < 1.29 is 4.79 Å². The van der Waals surface area contributed by atoms with Gasteiger partial charge in [-0.1, -0.05) is 19.8 Å². The van der Waals surface area contributed by atoms with Crippen LogP contribution in [0.4, 0.5) is 5.69 Å². The van der Waals surface area contributed by atoms with Gasteiger partial charge >= 0.3 is 0 Å². The molecule has 0 unspecified atom stereocenters. The number of hydrogen-bond acceptors (Lipinski definition) is 3. The lowest BCUT2D eigenvalue weighted by molar-refractivity contribution is 0.0922. The van der Waals surface area contributed by atoms with Gasteiger partial charge in [0.15, 0.2) is 0 Å². The molecule has 0 saturated heterocycles. The molecule has 1 saturated carbocycles. The van der Waals surface area contributed by atoms with Gasteiger partial charge in [-0.2, -0.15) is 0 Å². The summed E-state index contributed by atoms with van der Waals surface area (Å²) in [6.07, 6.45) is 10.7. The normalized spacial score (nSPS) is 21.8. The van der Waals surface area contributed by atoms with Crippen molar-refractivity contribution in [3.8, 4) is 0 Å². The minimum Gasteiger partial charge on any atom is -0.383 e. The molecule has 1 heterocycles. The van der Waals surface area contributed by atoms with E-state index < -0.39 is 0 Å². The molecule has 4 heteroatoms. The number of nitrogens with zero attached hydrogens (tertiary/aromatic N) is 1. The molecule has 0 atom stereocenters.